The van der Waals surface area contributed by atoms with Crippen LogP contribution in [-0.4, -0.2) is 16.1 Å². The second-order valence-electron chi connectivity index (χ2n) is 5.38. The zero-order valence-electron chi connectivity index (χ0n) is 11.5. The average molecular weight is 267 g/mol. The Balaban J connectivity index is 1.91. The Morgan fingerprint density at radius 1 is 1.15 bits per heavy atom. The fourth-order valence-corrected chi connectivity index (χ4v) is 3.01. The number of fused-ring (bicyclic) bond motifs is 1. The molecule has 2 heterocycles. The Morgan fingerprint density at radius 2 is 1.90 bits per heavy atom. The van der Waals surface area contributed by atoms with Crippen LogP contribution in [0.4, 0.5) is 0 Å². The molecule has 0 saturated carbocycles. The number of hydrogen-bond acceptors (Lipinski definition) is 2. The standard InChI is InChI=1S/C17H17NO2/c1-12(19)11-14-9-10-18-15(14)7-8-16(18)17(20)13-5-3-2-4-6-13/h2-8,14H,9-11H2,1H3. The highest BCUT2D eigenvalue weighted by Crippen LogP contribution is 2.33. The van der Waals surface area contributed by atoms with E-state index in [4.69, 9.17) is 0 Å². The molecule has 1 aromatic carbocycles. The minimum Gasteiger partial charge on any atom is -0.342 e. The summed E-state index contributed by atoms with van der Waals surface area (Å²) in [6.07, 6.45) is 1.52. The maximum absolute atomic E-state index is 12.5. The van der Waals surface area contributed by atoms with Crippen molar-refractivity contribution in [3.63, 3.8) is 0 Å². The maximum Gasteiger partial charge on any atom is 0.209 e. The number of carbonyl (C=O) groups is 2. The number of hydrogen-bond donors (Lipinski definition) is 0. The second kappa shape index (κ2) is 5.08. The lowest BCUT2D eigenvalue weighted by atomic mass is 9.98. The van der Waals surface area contributed by atoms with Crippen molar-refractivity contribution in [3.05, 3.63) is 59.4 Å². The van der Waals surface area contributed by atoms with E-state index in [1.165, 1.54) is 0 Å². The van der Waals surface area contributed by atoms with Crippen LogP contribution in [0.2, 0.25) is 0 Å². The lowest BCUT2D eigenvalue weighted by molar-refractivity contribution is -0.117. The Hall–Kier alpha value is -2.16. The summed E-state index contributed by atoms with van der Waals surface area (Å²) in [4.78, 5) is 23.8. The van der Waals surface area contributed by atoms with Crippen molar-refractivity contribution in [2.45, 2.75) is 32.2 Å². The van der Waals surface area contributed by atoms with Crippen LogP contribution in [0.15, 0.2) is 42.5 Å². The molecule has 0 bridgehead atoms. The fourth-order valence-electron chi connectivity index (χ4n) is 3.01. The first-order valence-electron chi connectivity index (χ1n) is 6.95. The summed E-state index contributed by atoms with van der Waals surface area (Å²) < 4.78 is 2.07. The minimum atomic E-state index is 0.0559. The highest BCUT2D eigenvalue weighted by atomic mass is 16.1. The van der Waals surface area contributed by atoms with E-state index in [0.29, 0.717) is 12.0 Å². The number of rotatable bonds is 4. The molecule has 0 N–H and O–H groups in total. The van der Waals surface area contributed by atoms with Gasteiger partial charge in [-0.1, -0.05) is 30.3 Å². The minimum absolute atomic E-state index is 0.0559. The number of ketones is 2. The number of nitrogens with zero attached hydrogens (tertiary/aromatic N) is 1. The summed E-state index contributed by atoms with van der Waals surface area (Å²) in [6, 6.07) is 13.2. The summed E-state index contributed by atoms with van der Waals surface area (Å²) in [7, 11) is 0. The van der Waals surface area contributed by atoms with Gasteiger partial charge in [0.25, 0.3) is 0 Å². The molecular weight excluding hydrogens is 250 g/mol. The van der Waals surface area contributed by atoms with E-state index in [1.54, 1.807) is 6.92 Å². The van der Waals surface area contributed by atoms with Crippen LogP contribution >= 0.6 is 0 Å². The Kier molecular flexibility index (Phi) is 3.26. The fraction of sp³-hybridized carbons (Fsp3) is 0.294. The molecule has 102 valence electrons. The summed E-state index contributed by atoms with van der Waals surface area (Å²) in [5, 5.41) is 0. The van der Waals surface area contributed by atoms with Gasteiger partial charge in [0.2, 0.25) is 5.78 Å². The number of aromatic nitrogens is 1. The summed E-state index contributed by atoms with van der Waals surface area (Å²) >= 11 is 0. The highest BCUT2D eigenvalue weighted by Gasteiger charge is 2.27. The topological polar surface area (TPSA) is 39.1 Å². The van der Waals surface area contributed by atoms with E-state index in [1.807, 2.05) is 42.5 Å². The third-order valence-electron chi connectivity index (χ3n) is 3.94. The molecule has 0 spiro atoms. The van der Waals surface area contributed by atoms with Crippen molar-refractivity contribution in [1.82, 2.24) is 4.57 Å². The van der Waals surface area contributed by atoms with Gasteiger partial charge in [-0.3, -0.25) is 4.79 Å². The van der Waals surface area contributed by atoms with Crippen molar-refractivity contribution < 1.29 is 9.59 Å². The van der Waals surface area contributed by atoms with Gasteiger partial charge in [-0.25, -0.2) is 0 Å². The first-order valence-corrected chi connectivity index (χ1v) is 6.95. The monoisotopic (exact) mass is 267 g/mol. The number of carbonyl (C=O) groups excluding carboxylic acids is 2. The molecule has 20 heavy (non-hydrogen) atoms. The molecule has 0 saturated heterocycles. The van der Waals surface area contributed by atoms with Gasteiger partial charge < -0.3 is 9.36 Å². The van der Waals surface area contributed by atoms with Gasteiger partial charge in [-0.15, -0.1) is 0 Å². The van der Waals surface area contributed by atoms with Gasteiger partial charge in [-0.05, 0) is 25.5 Å². The van der Waals surface area contributed by atoms with Crippen molar-refractivity contribution in [1.29, 1.82) is 0 Å². The molecule has 2 aromatic rings. The van der Waals surface area contributed by atoms with Crippen LogP contribution in [0.3, 0.4) is 0 Å². The van der Waals surface area contributed by atoms with E-state index in [-0.39, 0.29) is 17.5 Å². The Labute approximate surface area is 118 Å². The van der Waals surface area contributed by atoms with Crippen molar-refractivity contribution in [3.8, 4) is 0 Å². The van der Waals surface area contributed by atoms with Gasteiger partial charge in [0.05, 0.1) is 5.69 Å². The highest BCUT2D eigenvalue weighted by molar-refractivity contribution is 6.08. The molecule has 1 aliphatic rings. The van der Waals surface area contributed by atoms with E-state index in [2.05, 4.69) is 4.57 Å². The zero-order chi connectivity index (χ0) is 14.1. The summed E-state index contributed by atoms with van der Waals surface area (Å²) in [5.41, 5.74) is 2.57. The third kappa shape index (κ3) is 2.20. The molecule has 0 aliphatic carbocycles. The van der Waals surface area contributed by atoms with Crippen LogP contribution < -0.4 is 0 Å². The van der Waals surface area contributed by atoms with Gasteiger partial charge in [0, 0.05) is 30.1 Å². The van der Waals surface area contributed by atoms with E-state index in [0.717, 1.165) is 24.4 Å². The quantitative estimate of drug-likeness (QED) is 0.798. The first-order chi connectivity index (χ1) is 9.66. The molecule has 1 unspecified atom stereocenters. The van der Waals surface area contributed by atoms with E-state index < -0.39 is 0 Å². The van der Waals surface area contributed by atoms with E-state index >= 15 is 0 Å². The molecule has 0 radical (unpaired) electrons. The van der Waals surface area contributed by atoms with Crippen molar-refractivity contribution in [2.24, 2.45) is 0 Å². The van der Waals surface area contributed by atoms with Gasteiger partial charge >= 0.3 is 0 Å². The number of Topliss-reactive ketones (excluding diaryl/α,β-unsaturated/α-hetero) is 1. The summed E-state index contributed by atoms with van der Waals surface area (Å²) in [6.45, 7) is 2.45. The first kappa shape index (κ1) is 12.9. The Bertz CT molecular complexity index is 655. The average Bonchev–Trinajstić information content (AvgIpc) is 3.02. The largest absolute Gasteiger partial charge is 0.342 e. The van der Waals surface area contributed by atoms with Crippen LogP contribution in [0.25, 0.3) is 0 Å². The summed E-state index contributed by atoms with van der Waals surface area (Å²) in [5.74, 6) is 0.533. The second-order valence-corrected chi connectivity index (χ2v) is 5.38. The van der Waals surface area contributed by atoms with Crippen LogP contribution in [0.1, 0.15) is 47.4 Å². The lowest BCUT2D eigenvalue weighted by Gasteiger charge is -2.06. The molecule has 1 atom stereocenters. The molecule has 0 amide bonds. The van der Waals surface area contributed by atoms with E-state index in [9.17, 15) is 9.59 Å². The number of benzene rings is 1. The normalized spacial score (nSPS) is 16.9. The molecule has 0 fully saturated rings. The van der Waals surface area contributed by atoms with Crippen LogP contribution in [0, 0.1) is 0 Å². The van der Waals surface area contributed by atoms with Crippen LogP contribution in [0.5, 0.6) is 0 Å². The SMILES string of the molecule is CC(=O)CC1CCn2c(C(=O)c3ccccc3)ccc21. The van der Waals surface area contributed by atoms with Gasteiger partial charge in [0.15, 0.2) is 0 Å². The van der Waals surface area contributed by atoms with Crippen LogP contribution in [-0.2, 0) is 11.3 Å². The maximum atomic E-state index is 12.5. The van der Waals surface area contributed by atoms with Crippen molar-refractivity contribution in [2.75, 3.05) is 0 Å². The van der Waals surface area contributed by atoms with Crippen molar-refractivity contribution >= 4 is 11.6 Å². The molecule has 3 heteroatoms. The molecule has 1 aliphatic heterocycles. The van der Waals surface area contributed by atoms with Gasteiger partial charge in [-0.2, -0.15) is 0 Å². The smallest absolute Gasteiger partial charge is 0.209 e. The Morgan fingerprint density at radius 3 is 2.60 bits per heavy atom. The lowest BCUT2D eigenvalue weighted by Crippen LogP contribution is -2.08. The van der Waals surface area contributed by atoms with Gasteiger partial charge in [0.1, 0.15) is 5.78 Å². The molecule has 3 rings (SSSR count). The predicted octanol–water partition coefficient (Wildman–Crippen LogP) is 3.19. The molecule has 3 nitrogen and oxygen atoms in total. The molecule has 1 aromatic heterocycles. The zero-order valence-corrected chi connectivity index (χ0v) is 11.5. The predicted molar refractivity (Wildman–Crippen MR) is 77.0 cm³/mol. The molecular formula is C17H17NO2. The third-order valence-corrected chi connectivity index (χ3v) is 3.94.